The fourth-order valence-electron chi connectivity index (χ4n) is 2.14. The second-order valence-electron chi connectivity index (χ2n) is 4.85. The van der Waals surface area contributed by atoms with Crippen molar-refractivity contribution in [1.29, 1.82) is 0 Å². The highest BCUT2D eigenvalue weighted by molar-refractivity contribution is 7.16. The van der Waals surface area contributed by atoms with Gasteiger partial charge in [0.15, 0.2) is 0 Å². The van der Waals surface area contributed by atoms with Crippen LogP contribution < -0.4 is 10.6 Å². The van der Waals surface area contributed by atoms with E-state index < -0.39 is 5.97 Å². The Hall–Kier alpha value is -1.89. The molecule has 1 aliphatic heterocycles. The van der Waals surface area contributed by atoms with Gasteiger partial charge in [0.1, 0.15) is 5.00 Å². The molecule has 0 radical (unpaired) electrons. The molecule has 1 atom stereocenters. The Morgan fingerprint density at radius 3 is 2.90 bits per heavy atom. The number of anilines is 1. The molecule has 2 heterocycles. The number of hydrogen-bond acceptors (Lipinski definition) is 5. The van der Waals surface area contributed by atoms with Gasteiger partial charge in [-0.05, 0) is 26.3 Å². The summed E-state index contributed by atoms with van der Waals surface area (Å²) in [7, 11) is 0. The lowest BCUT2D eigenvalue weighted by molar-refractivity contribution is -0.126. The summed E-state index contributed by atoms with van der Waals surface area (Å²) in [6.45, 7) is 4.23. The Morgan fingerprint density at radius 2 is 2.29 bits per heavy atom. The number of ether oxygens (including phenoxy) is 1. The molecule has 0 saturated carbocycles. The molecule has 2 rings (SSSR count). The fraction of sp³-hybridized carbons (Fsp3) is 0.500. The van der Waals surface area contributed by atoms with E-state index in [1.165, 1.54) is 11.3 Å². The van der Waals surface area contributed by atoms with Crippen LogP contribution in [-0.4, -0.2) is 30.9 Å². The van der Waals surface area contributed by atoms with Crippen LogP contribution >= 0.6 is 11.3 Å². The largest absolute Gasteiger partial charge is 0.462 e. The number of rotatable bonds is 4. The maximum atomic E-state index is 12.2. The third kappa shape index (κ3) is 3.81. The number of esters is 1. The van der Waals surface area contributed by atoms with E-state index in [2.05, 4.69) is 10.6 Å². The maximum absolute atomic E-state index is 12.2. The molecule has 0 aromatic carbocycles. The zero-order valence-electron chi connectivity index (χ0n) is 12.0. The molecule has 1 aromatic heterocycles. The standard InChI is InChI=1S/C14H18N2O4S/c1-3-20-14(19)10-6-8(2)21-13(10)16-12(18)9-4-5-11(17)15-7-9/h6,9H,3-5,7H2,1-2H3,(H,15,17)(H,16,18). The van der Waals surface area contributed by atoms with E-state index in [1.807, 2.05) is 6.92 Å². The molecule has 0 aliphatic carbocycles. The van der Waals surface area contributed by atoms with Gasteiger partial charge in [-0.2, -0.15) is 0 Å². The van der Waals surface area contributed by atoms with Crippen LogP contribution in [0, 0.1) is 12.8 Å². The van der Waals surface area contributed by atoms with Gasteiger partial charge in [-0.3, -0.25) is 9.59 Å². The van der Waals surface area contributed by atoms with Crippen LogP contribution in [0.25, 0.3) is 0 Å². The summed E-state index contributed by atoms with van der Waals surface area (Å²) < 4.78 is 4.98. The minimum atomic E-state index is -0.436. The molecule has 0 spiro atoms. The second kappa shape index (κ2) is 6.71. The van der Waals surface area contributed by atoms with Gasteiger partial charge in [-0.1, -0.05) is 0 Å². The Bertz CT molecular complexity index is 557. The minimum Gasteiger partial charge on any atom is -0.462 e. The van der Waals surface area contributed by atoms with E-state index in [9.17, 15) is 14.4 Å². The van der Waals surface area contributed by atoms with Crippen molar-refractivity contribution in [3.63, 3.8) is 0 Å². The van der Waals surface area contributed by atoms with Crippen LogP contribution in [0.3, 0.4) is 0 Å². The van der Waals surface area contributed by atoms with Gasteiger partial charge in [-0.15, -0.1) is 11.3 Å². The highest BCUT2D eigenvalue weighted by Crippen LogP contribution is 2.29. The molecular weight excluding hydrogens is 292 g/mol. The van der Waals surface area contributed by atoms with Crippen molar-refractivity contribution in [3.05, 3.63) is 16.5 Å². The summed E-state index contributed by atoms with van der Waals surface area (Å²) in [6.07, 6.45) is 0.878. The number of piperidine rings is 1. The van der Waals surface area contributed by atoms with E-state index in [-0.39, 0.29) is 24.3 Å². The molecule has 1 aromatic rings. The molecule has 1 saturated heterocycles. The minimum absolute atomic E-state index is 0.0294. The van der Waals surface area contributed by atoms with Crippen LogP contribution in [0.15, 0.2) is 6.07 Å². The van der Waals surface area contributed by atoms with Crippen molar-refractivity contribution < 1.29 is 19.1 Å². The summed E-state index contributed by atoms with van der Waals surface area (Å²) >= 11 is 1.34. The van der Waals surface area contributed by atoms with Crippen LogP contribution in [0.2, 0.25) is 0 Å². The molecule has 114 valence electrons. The number of hydrogen-bond donors (Lipinski definition) is 2. The van der Waals surface area contributed by atoms with Crippen molar-refractivity contribution in [3.8, 4) is 0 Å². The van der Waals surface area contributed by atoms with Crippen molar-refractivity contribution in [2.75, 3.05) is 18.5 Å². The Morgan fingerprint density at radius 1 is 1.52 bits per heavy atom. The highest BCUT2D eigenvalue weighted by atomic mass is 32.1. The first kappa shape index (κ1) is 15.5. The van der Waals surface area contributed by atoms with Gasteiger partial charge in [0.05, 0.1) is 18.1 Å². The van der Waals surface area contributed by atoms with Gasteiger partial charge in [0.25, 0.3) is 0 Å². The van der Waals surface area contributed by atoms with Crippen molar-refractivity contribution >= 4 is 34.1 Å². The molecule has 21 heavy (non-hydrogen) atoms. The predicted octanol–water partition coefficient (Wildman–Crippen LogP) is 1.70. The second-order valence-corrected chi connectivity index (χ2v) is 6.11. The Balaban J connectivity index is 2.06. The molecule has 2 N–H and O–H groups in total. The van der Waals surface area contributed by atoms with E-state index in [1.54, 1.807) is 13.0 Å². The van der Waals surface area contributed by atoms with Gasteiger partial charge >= 0.3 is 5.97 Å². The summed E-state index contributed by atoms with van der Waals surface area (Å²) in [4.78, 5) is 36.1. The zero-order chi connectivity index (χ0) is 15.4. The lowest BCUT2D eigenvalue weighted by atomic mass is 9.98. The number of nitrogens with one attached hydrogen (secondary N) is 2. The molecule has 2 amide bonds. The molecule has 6 nitrogen and oxygen atoms in total. The Kier molecular flexibility index (Phi) is 4.95. The highest BCUT2D eigenvalue weighted by Gasteiger charge is 2.26. The fourth-order valence-corrected chi connectivity index (χ4v) is 3.04. The monoisotopic (exact) mass is 310 g/mol. The lowest BCUT2D eigenvalue weighted by Gasteiger charge is -2.21. The number of aryl methyl sites for hydroxylation is 1. The van der Waals surface area contributed by atoms with Gasteiger partial charge in [0.2, 0.25) is 11.8 Å². The normalized spacial score (nSPS) is 18.0. The average molecular weight is 310 g/mol. The van der Waals surface area contributed by atoms with Crippen LogP contribution in [0.1, 0.15) is 35.0 Å². The van der Waals surface area contributed by atoms with Crippen LogP contribution in [0.4, 0.5) is 5.00 Å². The average Bonchev–Trinajstić information content (AvgIpc) is 2.80. The van der Waals surface area contributed by atoms with Gasteiger partial charge in [0, 0.05) is 17.8 Å². The van der Waals surface area contributed by atoms with Crippen molar-refractivity contribution in [1.82, 2.24) is 5.32 Å². The SMILES string of the molecule is CCOC(=O)c1cc(C)sc1NC(=O)C1CCC(=O)NC1. The van der Waals surface area contributed by atoms with Crippen molar-refractivity contribution in [2.24, 2.45) is 5.92 Å². The van der Waals surface area contributed by atoms with E-state index in [4.69, 9.17) is 4.74 Å². The van der Waals surface area contributed by atoms with Gasteiger partial charge < -0.3 is 15.4 Å². The summed E-state index contributed by atoms with van der Waals surface area (Å²) in [5.74, 6) is -0.908. The maximum Gasteiger partial charge on any atom is 0.341 e. The molecule has 1 fully saturated rings. The first-order valence-electron chi connectivity index (χ1n) is 6.86. The molecule has 1 unspecified atom stereocenters. The molecule has 7 heteroatoms. The number of carbonyl (C=O) groups is 3. The van der Waals surface area contributed by atoms with E-state index >= 15 is 0 Å². The molecular formula is C14H18N2O4S. The van der Waals surface area contributed by atoms with Crippen LogP contribution in [-0.2, 0) is 14.3 Å². The Labute approximate surface area is 126 Å². The van der Waals surface area contributed by atoms with Crippen molar-refractivity contribution in [2.45, 2.75) is 26.7 Å². The molecule has 1 aliphatic rings. The lowest BCUT2D eigenvalue weighted by Crippen LogP contribution is -2.40. The van der Waals surface area contributed by atoms with E-state index in [0.29, 0.717) is 30.0 Å². The number of thiophene rings is 1. The summed E-state index contributed by atoms with van der Waals surface area (Å²) in [5, 5.41) is 5.96. The summed E-state index contributed by atoms with van der Waals surface area (Å²) in [5.41, 5.74) is 0.382. The third-order valence-electron chi connectivity index (χ3n) is 3.22. The first-order valence-corrected chi connectivity index (χ1v) is 7.68. The zero-order valence-corrected chi connectivity index (χ0v) is 12.8. The number of amides is 2. The third-order valence-corrected chi connectivity index (χ3v) is 4.19. The van der Waals surface area contributed by atoms with Crippen LogP contribution in [0.5, 0.6) is 0 Å². The quantitative estimate of drug-likeness (QED) is 0.829. The smallest absolute Gasteiger partial charge is 0.341 e. The number of carbonyl (C=O) groups excluding carboxylic acids is 3. The molecule has 0 bridgehead atoms. The first-order chi connectivity index (χ1) is 10.0. The van der Waals surface area contributed by atoms with Gasteiger partial charge in [-0.25, -0.2) is 4.79 Å². The predicted molar refractivity (Wildman–Crippen MR) is 79.4 cm³/mol. The summed E-state index contributed by atoms with van der Waals surface area (Å²) in [6, 6.07) is 1.71. The topological polar surface area (TPSA) is 84.5 Å². The van der Waals surface area contributed by atoms with E-state index in [0.717, 1.165) is 4.88 Å².